The molecule has 2 unspecified atom stereocenters. The third-order valence-electron chi connectivity index (χ3n) is 3.14. The highest BCUT2D eigenvalue weighted by Gasteiger charge is 2.33. The fourth-order valence-corrected chi connectivity index (χ4v) is 2.15. The molecule has 0 aromatic heterocycles. The van der Waals surface area contributed by atoms with Gasteiger partial charge in [0.1, 0.15) is 5.82 Å². The molecule has 0 spiro atoms. The first-order valence-electron chi connectivity index (χ1n) is 6.06. The summed E-state index contributed by atoms with van der Waals surface area (Å²) in [6.07, 6.45) is -0.149. The van der Waals surface area contributed by atoms with Gasteiger partial charge in [0.25, 0.3) is 0 Å². The highest BCUT2D eigenvalue weighted by molar-refractivity contribution is 5.27. The van der Waals surface area contributed by atoms with Crippen molar-refractivity contribution in [2.75, 3.05) is 7.11 Å². The predicted octanol–water partition coefficient (Wildman–Crippen LogP) is 2.70. The van der Waals surface area contributed by atoms with Gasteiger partial charge in [-0.3, -0.25) is 11.3 Å². The first-order valence-corrected chi connectivity index (χ1v) is 6.06. The van der Waals surface area contributed by atoms with Crippen LogP contribution in [0.1, 0.15) is 37.9 Å². The van der Waals surface area contributed by atoms with E-state index < -0.39 is 0 Å². The van der Waals surface area contributed by atoms with E-state index in [0.29, 0.717) is 5.56 Å². The highest BCUT2D eigenvalue weighted by Crippen LogP contribution is 2.32. The van der Waals surface area contributed by atoms with Gasteiger partial charge >= 0.3 is 0 Å². The van der Waals surface area contributed by atoms with Gasteiger partial charge in [0.2, 0.25) is 0 Å². The van der Waals surface area contributed by atoms with E-state index in [9.17, 15) is 4.39 Å². The molecule has 102 valence electrons. The summed E-state index contributed by atoms with van der Waals surface area (Å²) in [5.41, 5.74) is 4.05. The van der Waals surface area contributed by atoms with E-state index in [1.165, 1.54) is 6.07 Å². The smallest absolute Gasteiger partial charge is 0.126 e. The molecule has 0 aliphatic rings. The van der Waals surface area contributed by atoms with Crippen molar-refractivity contribution < 1.29 is 9.13 Å². The molecule has 2 atom stereocenters. The summed E-state index contributed by atoms with van der Waals surface area (Å²) < 4.78 is 19.2. The average molecular weight is 254 g/mol. The number of aryl methyl sites for hydroxylation is 1. The van der Waals surface area contributed by atoms with Crippen LogP contribution in [-0.2, 0) is 4.74 Å². The average Bonchev–Trinajstić information content (AvgIpc) is 2.28. The second kappa shape index (κ2) is 5.78. The molecule has 0 aliphatic heterocycles. The number of benzene rings is 1. The van der Waals surface area contributed by atoms with Gasteiger partial charge in [-0.1, -0.05) is 32.9 Å². The van der Waals surface area contributed by atoms with Gasteiger partial charge in [-0.15, -0.1) is 0 Å². The van der Waals surface area contributed by atoms with Crippen LogP contribution in [0.5, 0.6) is 0 Å². The summed E-state index contributed by atoms with van der Waals surface area (Å²) >= 11 is 0. The van der Waals surface area contributed by atoms with E-state index in [4.69, 9.17) is 10.6 Å². The molecule has 0 heterocycles. The van der Waals surface area contributed by atoms with Crippen LogP contribution in [0.2, 0.25) is 0 Å². The lowest BCUT2D eigenvalue weighted by Crippen LogP contribution is -2.44. The number of ether oxygens (including phenoxy) is 1. The molecule has 1 rings (SSSR count). The molecule has 0 amide bonds. The molecule has 0 saturated carbocycles. The van der Waals surface area contributed by atoms with Gasteiger partial charge in [0, 0.05) is 7.11 Å². The molecule has 0 fully saturated rings. The standard InChI is InChI=1S/C14H23FN2O/c1-9-6-7-10(8-11(9)15)12(17-16)13(18-5)14(2,3)4/h6-8,12-13,17H,16H2,1-5H3. The van der Waals surface area contributed by atoms with Crippen molar-refractivity contribution in [1.29, 1.82) is 0 Å². The topological polar surface area (TPSA) is 47.3 Å². The quantitative estimate of drug-likeness (QED) is 0.641. The van der Waals surface area contributed by atoms with E-state index in [1.54, 1.807) is 20.1 Å². The summed E-state index contributed by atoms with van der Waals surface area (Å²) in [6.45, 7) is 7.93. The zero-order chi connectivity index (χ0) is 13.9. The maximum absolute atomic E-state index is 13.6. The molecular formula is C14H23FN2O. The molecule has 1 aromatic rings. The minimum Gasteiger partial charge on any atom is -0.379 e. The first-order chi connectivity index (χ1) is 8.31. The molecule has 18 heavy (non-hydrogen) atoms. The maximum Gasteiger partial charge on any atom is 0.126 e. The van der Waals surface area contributed by atoms with Gasteiger partial charge in [-0.2, -0.15) is 0 Å². The van der Waals surface area contributed by atoms with Crippen molar-refractivity contribution in [3.8, 4) is 0 Å². The fourth-order valence-electron chi connectivity index (χ4n) is 2.15. The Kier molecular flexibility index (Phi) is 4.85. The van der Waals surface area contributed by atoms with Crippen molar-refractivity contribution in [3.05, 3.63) is 35.1 Å². The molecule has 0 aliphatic carbocycles. The van der Waals surface area contributed by atoms with Crippen molar-refractivity contribution in [2.24, 2.45) is 11.3 Å². The maximum atomic E-state index is 13.6. The van der Waals surface area contributed by atoms with E-state index in [2.05, 4.69) is 26.2 Å². The van der Waals surface area contributed by atoms with E-state index in [1.807, 2.05) is 6.07 Å². The summed E-state index contributed by atoms with van der Waals surface area (Å²) in [5.74, 6) is 5.39. The van der Waals surface area contributed by atoms with E-state index >= 15 is 0 Å². The lowest BCUT2D eigenvalue weighted by Gasteiger charge is -2.35. The molecule has 0 bridgehead atoms. The Morgan fingerprint density at radius 3 is 2.33 bits per heavy atom. The molecular weight excluding hydrogens is 231 g/mol. The number of hydrogen-bond donors (Lipinski definition) is 2. The first kappa shape index (κ1) is 15.1. The lowest BCUT2D eigenvalue weighted by molar-refractivity contribution is -0.0120. The summed E-state index contributed by atoms with van der Waals surface area (Å²) in [5, 5.41) is 0. The van der Waals surface area contributed by atoms with Crippen LogP contribution in [0.15, 0.2) is 18.2 Å². The van der Waals surface area contributed by atoms with Gasteiger partial charge in [-0.25, -0.2) is 4.39 Å². The van der Waals surface area contributed by atoms with Gasteiger partial charge in [0.15, 0.2) is 0 Å². The molecule has 3 nitrogen and oxygen atoms in total. The van der Waals surface area contributed by atoms with E-state index in [0.717, 1.165) is 5.56 Å². The summed E-state index contributed by atoms with van der Waals surface area (Å²) in [6, 6.07) is 4.90. The van der Waals surface area contributed by atoms with Gasteiger partial charge in [-0.05, 0) is 29.5 Å². The van der Waals surface area contributed by atoms with Crippen LogP contribution in [-0.4, -0.2) is 13.2 Å². The van der Waals surface area contributed by atoms with Crippen LogP contribution >= 0.6 is 0 Å². The Bertz CT molecular complexity index is 401. The monoisotopic (exact) mass is 254 g/mol. The van der Waals surface area contributed by atoms with Crippen LogP contribution in [0.4, 0.5) is 4.39 Å². The zero-order valence-electron chi connectivity index (χ0n) is 11.8. The van der Waals surface area contributed by atoms with Crippen molar-refractivity contribution in [1.82, 2.24) is 5.43 Å². The minimum atomic E-state index is -0.245. The second-order valence-corrected chi connectivity index (χ2v) is 5.68. The number of nitrogens with one attached hydrogen (secondary N) is 1. The third kappa shape index (κ3) is 3.28. The molecule has 1 aromatic carbocycles. The number of halogens is 1. The van der Waals surface area contributed by atoms with Crippen molar-refractivity contribution in [3.63, 3.8) is 0 Å². The fraction of sp³-hybridized carbons (Fsp3) is 0.571. The van der Waals surface area contributed by atoms with E-state index in [-0.39, 0.29) is 23.4 Å². The number of rotatable bonds is 4. The molecule has 3 N–H and O–H groups in total. The Morgan fingerprint density at radius 2 is 1.94 bits per heavy atom. The van der Waals surface area contributed by atoms with Crippen LogP contribution in [0.3, 0.4) is 0 Å². The summed E-state index contributed by atoms with van der Waals surface area (Å²) in [4.78, 5) is 0. The summed E-state index contributed by atoms with van der Waals surface area (Å²) in [7, 11) is 1.64. The minimum absolute atomic E-state index is 0.104. The Balaban J connectivity index is 3.12. The predicted molar refractivity (Wildman–Crippen MR) is 71.5 cm³/mol. The van der Waals surface area contributed by atoms with Gasteiger partial charge < -0.3 is 4.74 Å². The highest BCUT2D eigenvalue weighted by atomic mass is 19.1. The Morgan fingerprint density at radius 1 is 1.33 bits per heavy atom. The lowest BCUT2D eigenvalue weighted by atomic mass is 9.82. The van der Waals surface area contributed by atoms with Crippen LogP contribution in [0.25, 0.3) is 0 Å². The number of methoxy groups -OCH3 is 1. The van der Waals surface area contributed by atoms with Gasteiger partial charge in [0.05, 0.1) is 12.1 Å². The Hall–Kier alpha value is -0.970. The molecule has 0 saturated heterocycles. The zero-order valence-corrected chi connectivity index (χ0v) is 11.8. The SMILES string of the molecule is COC(C(NN)c1ccc(C)c(F)c1)C(C)(C)C. The van der Waals surface area contributed by atoms with Crippen molar-refractivity contribution in [2.45, 2.75) is 39.8 Å². The molecule has 0 radical (unpaired) electrons. The van der Waals surface area contributed by atoms with Crippen LogP contribution < -0.4 is 11.3 Å². The number of nitrogens with two attached hydrogens (primary N) is 1. The number of hydrogen-bond acceptors (Lipinski definition) is 3. The third-order valence-corrected chi connectivity index (χ3v) is 3.14. The number of hydrazine groups is 1. The van der Waals surface area contributed by atoms with Crippen molar-refractivity contribution >= 4 is 0 Å². The largest absolute Gasteiger partial charge is 0.379 e. The normalized spacial score (nSPS) is 15.5. The van der Waals surface area contributed by atoms with Crippen LogP contribution in [0, 0.1) is 18.2 Å². The Labute approximate surface area is 108 Å². The second-order valence-electron chi connectivity index (χ2n) is 5.68. The molecule has 4 heteroatoms.